The minimum Gasteiger partial charge on any atom is -0.480 e. The molecule has 3 aromatic carbocycles. The van der Waals surface area contributed by atoms with E-state index in [0.29, 0.717) is 36.3 Å². The van der Waals surface area contributed by atoms with Crippen molar-refractivity contribution in [2.24, 2.45) is 5.73 Å². The summed E-state index contributed by atoms with van der Waals surface area (Å²) in [6, 6.07) is 6.10. The Hall–Kier alpha value is -5.40. The lowest BCUT2D eigenvalue weighted by Gasteiger charge is -2.12. The van der Waals surface area contributed by atoms with Crippen molar-refractivity contribution < 1.29 is 86.3 Å². The van der Waals surface area contributed by atoms with Crippen LogP contribution in [0.25, 0.3) is 0 Å². The highest BCUT2D eigenvalue weighted by atomic mass is 35.5. The summed E-state index contributed by atoms with van der Waals surface area (Å²) in [7, 11) is -11.1. The number of carbonyl (C=O) groups is 3. The number of amides is 1. The first kappa shape index (κ1) is 51.9. The number of benzene rings is 3. The number of ether oxygens (including phenoxy) is 1. The highest BCUT2D eigenvalue weighted by Gasteiger charge is 2.36. The first-order valence-corrected chi connectivity index (χ1v) is 23.7. The number of rotatable bonds is 13. The van der Waals surface area contributed by atoms with Crippen molar-refractivity contribution in [2.75, 3.05) is 25.3 Å². The fourth-order valence-corrected chi connectivity index (χ4v) is 7.25. The number of aromatic nitrogens is 1. The monoisotopic (exact) mass is 978 g/mol. The summed E-state index contributed by atoms with van der Waals surface area (Å²) in [5, 5.41) is 22.5. The fourth-order valence-electron chi connectivity index (χ4n) is 4.93. The van der Waals surface area contributed by atoms with E-state index in [0.717, 1.165) is 49.4 Å². The van der Waals surface area contributed by atoms with E-state index < -0.39 is 101 Å². The van der Waals surface area contributed by atoms with Crippen molar-refractivity contribution >= 4 is 62.2 Å². The number of nitrogens with one attached hydrogen (secondary N) is 1. The quantitative estimate of drug-likeness (QED) is 0.0359. The molecule has 2 atom stereocenters. The molecule has 1 aliphatic carbocycles. The lowest BCUT2D eigenvalue weighted by Crippen LogP contribution is -2.30. The lowest BCUT2D eigenvalue weighted by atomic mass is 10.0. The predicted molar refractivity (Wildman–Crippen MR) is 209 cm³/mol. The molecular formula is C35H34ClF6N4O14PS2. The van der Waals surface area contributed by atoms with Crippen molar-refractivity contribution in [3.05, 3.63) is 110 Å². The van der Waals surface area contributed by atoms with Crippen LogP contribution in [0.1, 0.15) is 68.3 Å². The smallest absolute Gasteiger partial charge is 0.416 e. The number of sulfonamides is 1. The predicted octanol–water partition coefficient (Wildman–Crippen LogP) is 6.64. The van der Waals surface area contributed by atoms with Crippen molar-refractivity contribution in [3.8, 4) is 11.5 Å². The number of hydrogen-bond donors (Lipinski definition) is 4. The summed E-state index contributed by atoms with van der Waals surface area (Å²) >= 11 is 5.76. The number of nitrogens with zero attached hydrogens (tertiary/aromatic N) is 2. The zero-order valence-electron chi connectivity index (χ0n) is 32.4. The van der Waals surface area contributed by atoms with Gasteiger partial charge in [-0.1, -0.05) is 16.8 Å². The Labute approximate surface area is 357 Å². The van der Waals surface area contributed by atoms with Crippen molar-refractivity contribution in [3.63, 3.8) is 0 Å². The van der Waals surface area contributed by atoms with Gasteiger partial charge in [0.1, 0.15) is 23.1 Å². The number of alkyl halides is 6. The van der Waals surface area contributed by atoms with Gasteiger partial charge in [0.15, 0.2) is 28.7 Å². The Morgan fingerprint density at radius 1 is 0.984 bits per heavy atom. The van der Waals surface area contributed by atoms with Gasteiger partial charge in [-0.05, 0) is 61.7 Å². The topological polar surface area (TPSA) is 293 Å². The SMILES string of the molecule is CP(=O)(O)CCC(N)C(=O)O.CS(=O)(=O)NC(=O)c1cc(Oc2ccc(C(F)(F)F)cc2Cl)ccc1[N+](=O)[O-].CS(=O)(=O)c1cc(C(F)(F)F)ccc1C(=O)c1cnoc1C1CC1. The molecule has 28 heteroatoms. The third-order valence-electron chi connectivity index (χ3n) is 8.09. The number of nitro groups is 1. The standard InChI is InChI=1S/C15H10ClF3N2O6S.C15H12F3NO4S.C5H12NO4P/c1-28(25,26)20-14(22)10-7-9(3-4-12(10)21(23)24)27-13-5-2-8(6-11(13)16)15(17,18)19;1-24(21,22)12-6-9(15(16,17)18)4-5-10(12)13(20)11-7-19-23-14(11)8-2-3-8;1-11(9,10)3-2-4(6)5(7)8/h2-7H,1H3,(H,20,22);4-8H,2-3H2,1H3;4H,2-3,6H2,1H3,(H,7,8)(H,9,10). The highest BCUT2D eigenvalue weighted by molar-refractivity contribution is 7.90. The number of carbonyl (C=O) groups excluding carboxylic acids is 2. The average molecular weight is 979 g/mol. The Morgan fingerprint density at radius 3 is 2.03 bits per heavy atom. The molecule has 1 fully saturated rings. The molecule has 0 aliphatic heterocycles. The second kappa shape index (κ2) is 20.0. The van der Waals surface area contributed by atoms with E-state index in [1.807, 2.05) is 0 Å². The van der Waals surface area contributed by atoms with Crippen LogP contribution in [-0.4, -0.2) is 86.0 Å². The maximum atomic E-state index is 12.8. The molecule has 0 bridgehead atoms. The summed E-state index contributed by atoms with van der Waals surface area (Å²) in [4.78, 5) is 53.0. The Balaban J connectivity index is 0.000000274. The largest absolute Gasteiger partial charge is 0.480 e. The van der Waals surface area contributed by atoms with Gasteiger partial charge in [0.2, 0.25) is 10.0 Å². The average Bonchev–Trinajstić information content (AvgIpc) is 3.87. The summed E-state index contributed by atoms with van der Waals surface area (Å²) < 4.78 is 145. The van der Waals surface area contributed by atoms with Gasteiger partial charge in [-0.3, -0.25) is 29.1 Å². The van der Waals surface area contributed by atoms with Crippen LogP contribution in [0.4, 0.5) is 32.0 Å². The molecule has 4 aromatic rings. The molecule has 1 heterocycles. The van der Waals surface area contributed by atoms with Crippen LogP contribution in [0.2, 0.25) is 5.02 Å². The molecule has 1 saturated carbocycles. The zero-order valence-corrected chi connectivity index (χ0v) is 35.7. The van der Waals surface area contributed by atoms with Gasteiger partial charge in [0, 0.05) is 42.7 Å². The number of nitro benzene ring substituents is 1. The van der Waals surface area contributed by atoms with E-state index in [1.165, 1.54) is 12.9 Å². The molecule has 0 saturated heterocycles. The summed E-state index contributed by atoms with van der Waals surface area (Å²) in [5.41, 5.74) is 1.38. The van der Waals surface area contributed by atoms with Gasteiger partial charge in [0.25, 0.3) is 11.6 Å². The van der Waals surface area contributed by atoms with Crippen LogP contribution in [0.3, 0.4) is 0 Å². The highest BCUT2D eigenvalue weighted by Crippen LogP contribution is 2.43. The molecular weight excluding hydrogens is 945 g/mol. The van der Waals surface area contributed by atoms with E-state index in [-0.39, 0.29) is 41.1 Å². The van der Waals surface area contributed by atoms with E-state index in [4.69, 9.17) is 36.6 Å². The number of sulfone groups is 1. The molecule has 0 spiro atoms. The molecule has 1 aliphatic rings. The molecule has 63 heavy (non-hydrogen) atoms. The lowest BCUT2D eigenvalue weighted by molar-refractivity contribution is -0.385. The summed E-state index contributed by atoms with van der Waals surface area (Å²) in [6.45, 7) is 1.18. The molecule has 1 aromatic heterocycles. The van der Waals surface area contributed by atoms with Gasteiger partial charge in [-0.25, -0.2) is 21.6 Å². The first-order chi connectivity index (χ1) is 28.7. The number of carboxylic acid groups (broad SMARTS) is 1. The fraction of sp³-hybridized carbons (Fsp3) is 0.314. The number of ketones is 1. The molecule has 5 rings (SSSR count). The van der Waals surface area contributed by atoms with E-state index in [2.05, 4.69) is 5.16 Å². The van der Waals surface area contributed by atoms with Gasteiger partial charge < -0.3 is 25.0 Å². The van der Waals surface area contributed by atoms with Crippen LogP contribution < -0.4 is 15.2 Å². The maximum absolute atomic E-state index is 12.8. The number of halogens is 7. The van der Waals surface area contributed by atoms with E-state index >= 15 is 0 Å². The number of aliphatic carboxylic acids is 1. The van der Waals surface area contributed by atoms with E-state index in [9.17, 15) is 72.2 Å². The third-order valence-corrected chi connectivity index (χ3v) is 11.2. The third kappa shape index (κ3) is 15.7. The van der Waals surface area contributed by atoms with Crippen molar-refractivity contribution in [2.45, 2.75) is 48.5 Å². The van der Waals surface area contributed by atoms with Crippen LogP contribution in [-0.2, 0) is 41.6 Å². The minimum atomic E-state index is -4.71. The molecule has 0 radical (unpaired) electrons. The Bertz CT molecular complexity index is 2670. The van der Waals surface area contributed by atoms with Crippen molar-refractivity contribution in [1.82, 2.24) is 9.88 Å². The first-order valence-electron chi connectivity index (χ1n) is 17.2. The van der Waals surface area contributed by atoms with Gasteiger partial charge in [0.05, 0.1) is 44.0 Å². The van der Waals surface area contributed by atoms with Crippen molar-refractivity contribution in [1.29, 1.82) is 0 Å². The number of nitrogens with two attached hydrogens (primary N) is 1. The van der Waals surface area contributed by atoms with E-state index in [1.54, 1.807) is 4.72 Å². The normalized spacial score (nSPS) is 14.4. The molecule has 1 amide bonds. The maximum Gasteiger partial charge on any atom is 0.416 e. The van der Waals surface area contributed by atoms with Crippen LogP contribution in [0, 0.1) is 10.1 Å². The van der Waals surface area contributed by atoms with Crippen LogP contribution >= 0.6 is 19.0 Å². The van der Waals surface area contributed by atoms with Crippen LogP contribution in [0.5, 0.6) is 11.5 Å². The number of carboxylic acids is 1. The summed E-state index contributed by atoms with van der Waals surface area (Å²) in [6.07, 6.45) is -5.08. The zero-order chi connectivity index (χ0) is 48.0. The molecule has 18 nitrogen and oxygen atoms in total. The number of hydrogen-bond acceptors (Lipinski definition) is 14. The van der Waals surface area contributed by atoms with Gasteiger partial charge in [-0.15, -0.1) is 0 Å². The van der Waals surface area contributed by atoms with Gasteiger partial charge in [-0.2, -0.15) is 26.3 Å². The molecule has 5 N–H and O–H groups in total. The van der Waals surface area contributed by atoms with Crippen LogP contribution in [0.15, 0.2) is 70.2 Å². The summed E-state index contributed by atoms with van der Waals surface area (Å²) in [5.74, 6) is -3.14. The Kier molecular flexibility index (Phi) is 16.5. The second-order valence-electron chi connectivity index (χ2n) is 13.6. The Morgan fingerprint density at radius 2 is 1.56 bits per heavy atom. The second-order valence-corrected chi connectivity index (χ2v) is 20.3. The van der Waals surface area contributed by atoms with Gasteiger partial charge >= 0.3 is 18.3 Å². The molecule has 2 unspecified atom stereocenters. The molecule has 344 valence electrons. The minimum absolute atomic E-state index is 0.0412.